The second-order valence-corrected chi connectivity index (χ2v) is 9.83. The van der Waals surface area contributed by atoms with Crippen molar-refractivity contribution in [1.29, 1.82) is 0 Å². The van der Waals surface area contributed by atoms with Crippen LogP contribution in [-0.4, -0.2) is 38.0 Å². The number of carbonyl (C=O) groups is 1. The molecule has 0 spiro atoms. The van der Waals surface area contributed by atoms with Crippen LogP contribution in [0.15, 0.2) is 52.3 Å². The van der Waals surface area contributed by atoms with Crippen LogP contribution in [-0.2, 0) is 16.6 Å². The summed E-state index contributed by atoms with van der Waals surface area (Å²) in [5.74, 6) is -0.333. The summed E-state index contributed by atoms with van der Waals surface area (Å²) in [5.41, 5.74) is 1.25. The topological polar surface area (TPSA) is 66.5 Å². The van der Waals surface area contributed by atoms with Gasteiger partial charge < -0.3 is 5.32 Å². The highest BCUT2D eigenvalue weighted by Gasteiger charge is 2.28. The summed E-state index contributed by atoms with van der Waals surface area (Å²) in [6.45, 7) is 1.34. The Balaban J connectivity index is 1.75. The first-order chi connectivity index (χ1) is 13.4. The van der Waals surface area contributed by atoms with Crippen LogP contribution in [0.4, 0.5) is 0 Å². The molecule has 1 saturated heterocycles. The van der Waals surface area contributed by atoms with Crippen molar-refractivity contribution in [2.24, 2.45) is 0 Å². The number of nitrogens with one attached hydrogen (secondary N) is 1. The van der Waals surface area contributed by atoms with Gasteiger partial charge in [0.25, 0.3) is 5.91 Å². The molecule has 5 nitrogen and oxygen atoms in total. The number of rotatable bonds is 6. The predicted octanol–water partition coefficient (Wildman–Crippen LogP) is 4.17. The van der Waals surface area contributed by atoms with E-state index in [2.05, 4.69) is 5.32 Å². The molecule has 0 bridgehead atoms. The number of hydrogen-bond acceptors (Lipinski definition) is 4. The third-order valence-electron chi connectivity index (χ3n) is 4.74. The van der Waals surface area contributed by atoms with Gasteiger partial charge in [0.15, 0.2) is 0 Å². The number of nitrogens with zero attached hydrogens (tertiary/aromatic N) is 1. The third-order valence-corrected chi connectivity index (χ3v) is 7.86. The summed E-state index contributed by atoms with van der Waals surface area (Å²) in [6.07, 6.45) is 4.71. The van der Waals surface area contributed by atoms with E-state index in [-0.39, 0.29) is 21.4 Å². The van der Waals surface area contributed by atoms with Gasteiger partial charge in [0, 0.05) is 30.1 Å². The van der Waals surface area contributed by atoms with E-state index in [9.17, 15) is 13.2 Å². The maximum atomic E-state index is 12.9. The Morgan fingerprint density at radius 3 is 2.43 bits per heavy atom. The average Bonchev–Trinajstić information content (AvgIpc) is 2.73. The minimum atomic E-state index is -3.70. The minimum absolute atomic E-state index is 0.00644. The molecule has 2 aromatic carbocycles. The standard InChI is InChI=1S/C20H23ClN2O3S2/c1-27-17-8-5-15(6-9-17)14-22-20(24)16-7-10-18(21)19(13-16)28(25,26)23-11-3-2-4-12-23/h5-10,13H,2-4,11-12,14H2,1H3,(H,22,24). The first-order valence-corrected chi connectivity index (χ1v) is 12.2. The van der Waals surface area contributed by atoms with Gasteiger partial charge in [-0.2, -0.15) is 4.31 Å². The Bertz CT molecular complexity index is 940. The molecule has 1 aliphatic rings. The molecule has 1 heterocycles. The van der Waals surface area contributed by atoms with Crippen LogP contribution in [0.1, 0.15) is 35.2 Å². The second-order valence-electron chi connectivity index (χ2n) is 6.64. The predicted molar refractivity (Wildman–Crippen MR) is 113 cm³/mol. The van der Waals surface area contributed by atoms with Crippen molar-refractivity contribution in [2.75, 3.05) is 19.3 Å². The quantitative estimate of drug-likeness (QED) is 0.687. The SMILES string of the molecule is CSc1ccc(CNC(=O)c2ccc(Cl)c(S(=O)(=O)N3CCCCC3)c2)cc1. The number of hydrogen-bond donors (Lipinski definition) is 1. The molecule has 0 saturated carbocycles. The van der Waals surface area contributed by atoms with E-state index in [1.165, 1.54) is 16.4 Å². The van der Waals surface area contributed by atoms with Gasteiger partial charge in [0.1, 0.15) is 4.90 Å². The molecular formula is C20H23ClN2O3S2. The number of carbonyl (C=O) groups excluding carboxylic acids is 1. The van der Waals surface area contributed by atoms with Crippen LogP contribution < -0.4 is 5.32 Å². The molecule has 1 aliphatic heterocycles. The van der Waals surface area contributed by atoms with E-state index in [1.54, 1.807) is 17.8 Å². The van der Waals surface area contributed by atoms with Crippen molar-refractivity contribution in [3.05, 3.63) is 58.6 Å². The summed E-state index contributed by atoms with van der Waals surface area (Å²) in [7, 11) is -3.70. The lowest BCUT2D eigenvalue weighted by Crippen LogP contribution is -2.36. The number of piperidine rings is 1. The van der Waals surface area contributed by atoms with E-state index in [4.69, 9.17) is 11.6 Å². The smallest absolute Gasteiger partial charge is 0.251 e. The molecule has 28 heavy (non-hydrogen) atoms. The number of thioether (sulfide) groups is 1. The number of halogens is 1. The van der Waals surface area contributed by atoms with E-state index >= 15 is 0 Å². The van der Waals surface area contributed by atoms with Crippen LogP contribution in [0, 0.1) is 0 Å². The van der Waals surface area contributed by atoms with Gasteiger partial charge in [0.2, 0.25) is 10.0 Å². The van der Waals surface area contributed by atoms with Gasteiger partial charge in [-0.15, -0.1) is 11.8 Å². The summed E-state index contributed by atoms with van der Waals surface area (Å²) >= 11 is 7.82. The average molecular weight is 439 g/mol. The number of sulfonamides is 1. The van der Waals surface area contributed by atoms with Crippen LogP contribution in [0.25, 0.3) is 0 Å². The van der Waals surface area contributed by atoms with Gasteiger partial charge in [-0.3, -0.25) is 4.79 Å². The fourth-order valence-corrected chi connectivity index (χ4v) is 5.54. The molecule has 3 rings (SSSR count). The van der Waals surface area contributed by atoms with Gasteiger partial charge in [-0.1, -0.05) is 30.2 Å². The highest BCUT2D eigenvalue weighted by Crippen LogP contribution is 2.28. The fraction of sp³-hybridized carbons (Fsp3) is 0.350. The molecule has 0 unspecified atom stereocenters. The molecule has 0 radical (unpaired) electrons. The Hall–Kier alpha value is -1.54. The first-order valence-electron chi connectivity index (χ1n) is 9.12. The second kappa shape index (κ2) is 9.31. The molecule has 1 amide bonds. The zero-order valence-corrected chi connectivity index (χ0v) is 18.0. The van der Waals surface area contributed by atoms with Crippen LogP contribution in [0.2, 0.25) is 5.02 Å². The fourth-order valence-electron chi connectivity index (χ4n) is 3.11. The van der Waals surface area contributed by atoms with Crippen LogP contribution >= 0.6 is 23.4 Å². The van der Waals surface area contributed by atoms with E-state index in [0.717, 1.165) is 29.7 Å². The summed E-state index contributed by atoms with van der Waals surface area (Å²) < 4.78 is 27.3. The largest absolute Gasteiger partial charge is 0.348 e. The summed E-state index contributed by atoms with van der Waals surface area (Å²) in [6, 6.07) is 12.3. The Morgan fingerprint density at radius 2 is 1.79 bits per heavy atom. The van der Waals surface area contributed by atoms with Crippen LogP contribution in [0.5, 0.6) is 0 Å². The van der Waals surface area contributed by atoms with Crippen molar-refractivity contribution in [3.63, 3.8) is 0 Å². The molecule has 150 valence electrons. The number of amides is 1. The molecule has 1 N–H and O–H groups in total. The van der Waals surface area contributed by atoms with Crippen molar-refractivity contribution < 1.29 is 13.2 Å². The summed E-state index contributed by atoms with van der Waals surface area (Å²) in [4.78, 5) is 13.7. The van der Waals surface area contributed by atoms with Gasteiger partial charge >= 0.3 is 0 Å². The van der Waals surface area contributed by atoms with Crippen molar-refractivity contribution in [1.82, 2.24) is 9.62 Å². The van der Waals surface area contributed by atoms with Gasteiger partial charge in [-0.05, 0) is 55.0 Å². The molecular weight excluding hydrogens is 416 g/mol. The zero-order chi connectivity index (χ0) is 20.1. The Labute approximate surface area is 175 Å². The van der Waals surface area contributed by atoms with E-state index < -0.39 is 10.0 Å². The molecule has 1 fully saturated rings. The normalized spacial score (nSPS) is 15.4. The lowest BCUT2D eigenvalue weighted by molar-refractivity contribution is 0.0950. The van der Waals surface area contributed by atoms with Crippen molar-refractivity contribution in [2.45, 2.75) is 35.6 Å². The summed E-state index contributed by atoms with van der Waals surface area (Å²) in [5, 5.41) is 2.97. The Morgan fingerprint density at radius 1 is 1.11 bits per heavy atom. The highest BCUT2D eigenvalue weighted by molar-refractivity contribution is 7.98. The maximum Gasteiger partial charge on any atom is 0.251 e. The van der Waals surface area contributed by atoms with E-state index in [0.29, 0.717) is 19.6 Å². The molecule has 0 aromatic heterocycles. The monoisotopic (exact) mass is 438 g/mol. The minimum Gasteiger partial charge on any atom is -0.348 e. The van der Waals surface area contributed by atoms with Gasteiger partial charge in [-0.25, -0.2) is 8.42 Å². The van der Waals surface area contributed by atoms with E-state index in [1.807, 2.05) is 30.5 Å². The third kappa shape index (κ3) is 4.89. The first kappa shape index (κ1) is 21.2. The zero-order valence-electron chi connectivity index (χ0n) is 15.7. The van der Waals surface area contributed by atoms with Crippen molar-refractivity contribution >= 4 is 39.3 Å². The number of benzene rings is 2. The van der Waals surface area contributed by atoms with Crippen molar-refractivity contribution in [3.8, 4) is 0 Å². The highest BCUT2D eigenvalue weighted by atomic mass is 35.5. The lowest BCUT2D eigenvalue weighted by Gasteiger charge is -2.26. The molecule has 0 aliphatic carbocycles. The Kier molecular flexibility index (Phi) is 7.04. The van der Waals surface area contributed by atoms with Gasteiger partial charge in [0.05, 0.1) is 5.02 Å². The maximum absolute atomic E-state index is 12.9. The van der Waals surface area contributed by atoms with Crippen LogP contribution in [0.3, 0.4) is 0 Å². The molecule has 8 heteroatoms. The lowest BCUT2D eigenvalue weighted by atomic mass is 10.2. The molecule has 2 aromatic rings. The molecule has 0 atom stereocenters.